The van der Waals surface area contributed by atoms with Gasteiger partial charge in [-0.25, -0.2) is 0 Å². The number of ether oxygens (including phenoxy) is 1. The second kappa shape index (κ2) is 11.0. The van der Waals surface area contributed by atoms with Crippen molar-refractivity contribution in [3.63, 3.8) is 0 Å². The molecule has 0 spiro atoms. The highest BCUT2D eigenvalue weighted by atomic mass is 16.6. The van der Waals surface area contributed by atoms with E-state index >= 15 is 0 Å². The summed E-state index contributed by atoms with van der Waals surface area (Å²) in [5.41, 5.74) is 0.684. The van der Waals surface area contributed by atoms with Gasteiger partial charge in [0.15, 0.2) is 5.96 Å². The van der Waals surface area contributed by atoms with Crippen LogP contribution in [-0.4, -0.2) is 51.5 Å². The minimum absolute atomic E-state index is 0.0441. The standard InChI is InChI=1S/C19H28N6O4/c1-4-20-19(21-8-9-24-13-16(11-23-24)25(27)28)22-12-18(26)15-6-5-7-17(10-15)29-14(2)3/h5-7,10-11,13-14,18,26H,4,8-9,12H2,1-3H3,(H2,20,21,22). The van der Waals surface area contributed by atoms with E-state index in [-0.39, 0.29) is 18.3 Å². The maximum atomic E-state index is 10.7. The Morgan fingerprint density at radius 1 is 1.41 bits per heavy atom. The van der Waals surface area contributed by atoms with Gasteiger partial charge in [0.05, 0.1) is 30.2 Å². The minimum Gasteiger partial charge on any atom is -0.491 e. The Morgan fingerprint density at radius 2 is 2.21 bits per heavy atom. The van der Waals surface area contributed by atoms with E-state index in [1.165, 1.54) is 17.1 Å². The molecular formula is C19H28N6O4. The first-order valence-electron chi connectivity index (χ1n) is 9.52. The average molecular weight is 404 g/mol. The molecule has 3 N–H and O–H groups in total. The molecule has 29 heavy (non-hydrogen) atoms. The van der Waals surface area contributed by atoms with Gasteiger partial charge in [-0.3, -0.25) is 19.8 Å². The van der Waals surface area contributed by atoms with E-state index in [1.54, 1.807) is 0 Å². The molecule has 0 radical (unpaired) electrons. The van der Waals surface area contributed by atoms with Crippen LogP contribution in [0.25, 0.3) is 0 Å². The lowest BCUT2D eigenvalue weighted by atomic mass is 10.1. The van der Waals surface area contributed by atoms with Crippen LogP contribution in [0.5, 0.6) is 5.75 Å². The summed E-state index contributed by atoms with van der Waals surface area (Å²) < 4.78 is 7.15. The van der Waals surface area contributed by atoms with Crippen molar-refractivity contribution in [2.24, 2.45) is 4.99 Å². The Kier molecular flexibility index (Phi) is 8.41. The van der Waals surface area contributed by atoms with Gasteiger partial charge in [-0.05, 0) is 38.5 Å². The molecule has 158 valence electrons. The van der Waals surface area contributed by atoms with Gasteiger partial charge >= 0.3 is 5.69 Å². The molecule has 0 aliphatic carbocycles. The summed E-state index contributed by atoms with van der Waals surface area (Å²) in [6.45, 7) is 7.58. The molecular weight excluding hydrogens is 376 g/mol. The number of aromatic nitrogens is 2. The molecule has 0 aliphatic rings. The van der Waals surface area contributed by atoms with E-state index in [0.29, 0.717) is 31.3 Å². The van der Waals surface area contributed by atoms with Gasteiger partial charge in [-0.15, -0.1) is 0 Å². The monoisotopic (exact) mass is 404 g/mol. The van der Waals surface area contributed by atoms with Crippen LogP contribution >= 0.6 is 0 Å². The smallest absolute Gasteiger partial charge is 0.306 e. The number of nitro groups is 1. The topological polar surface area (TPSA) is 127 Å². The molecule has 0 saturated carbocycles. The maximum absolute atomic E-state index is 10.7. The number of guanidine groups is 1. The van der Waals surface area contributed by atoms with E-state index in [0.717, 1.165) is 5.56 Å². The molecule has 1 heterocycles. The van der Waals surface area contributed by atoms with Crippen molar-refractivity contribution in [3.05, 3.63) is 52.3 Å². The van der Waals surface area contributed by atoms with Crippen LogP contribution in [0.15, 0.2) is 41.7 Å². The Bertz CT molecular complexity index is 821. The molecule has 1 atom stereocenters. The zero-order valence-electron chi connectivity index (χ0n) is 16.9. The number of nitrogens with one attached hydrogen (secondary N) is 2. The Labute approximate surface area is 169 Å². The first-order valence-corrected chi connectivity index (χ1v) is 9.52. The predicted molar refractivity (Wildman–Crippen MR) is 110 cm³/mol. The van der Waals surface area contributed by atoms with Crippen molar-refractivity contribution in [2.45, 2.75) is 39.5 Å². The Balaban J connectivity index is 1.91. The molecule has 10 heteroatoms. The van der Waals surface area contributed by atoms with Crippen molar-refractivity contribution >= 4 is 11.6 Å². The van der Waals surface area contributed by atoms with Gasteiger partial charge in [0.25, 0.3) is 0 Å². The zero-order chi connectivity index (χ0) is 21.2. The van der Waals surface area contributed by atoms with Crippen LogP contribution in [0.3, 0.4) is 0 Å². The highest BCUT2D eigenvalue weighted by molar-refractivity contribution is 5.79. The van der Waals surface area contributed by atoms with Crippen LogP contribution < -0.4 is 15.4 Å². The van der Waals surface area contributed by atoms with E-state index in [1.807, 2.05) is 45.0 Å². The van der Waals surface area contributed by atoms with Crippen molar-refractivity contribution in [1.82, 2.24) is 20.4 Å². The van der Waals surface area contributed by atoms with Crippen molar-refractivity contribution in [2.75, 3.05) is 19.6 Å². The lowest BCUT2D eigenvalue weighted by molar-refractivity contribution is -0.385. The number of hydrogen-bond donors (Lipinski definition) is 3. The SMILES string of the molecule is CCNC(=NCC(O)c1cccc(OC(C)C)c1)NCCn1cc([N+](=O)[O-])cn1. The number of aliphatic imine (C=N–C) groups is 1. The summed E-state index contributed by atoms with van der Waals surface area (Å²) in [5.74, 6) is 1.25. The summed E-state index contributed by atoms with van der Waals surface area (Å²) in [6, 6.07) is 7.33. The van der Waals surface area contributed by atoms with Crippen molar-refractivity contribution in [3.8, 4) is 5.75 Å². The minimum atomic E-state index is -0.769. The van der Waals surface area contributed by atoms with Crippen molar-refractivity contribution in [1.29, 1.82) is 0 Å². The molecule has 1 aromatic heterocycles. The van der Waals surface area contributed by atoms with E-state index in [4.69, 9.17) is 4.74 Å². The first-order chi connectivity index (χ1) is 13.9. The predicted octanol–water partition coefficient (Wildman–Crippen LogP) is 1.87. The molecule has 0 amide bonds. The lowest BCUT2D eigenvalue weighted by Gasteiger charge is -2.15. The van der Waals surface area contributed by atoms with Gasteiger partial charge in [0, 0.05) is 13.1 Å². The van der Waals surface area contributed by atoms with Gasteiger partial charge in [-0.2, -0.15) is 5.10 Å². The van der Waals surface area contributed by atoms with Gasteiger partial charge in [-0.1, -0.05) is 12.1 Å². The lowest BCUT2D eigenvalue weighted by Crippen LogP contribution is -2.39. The van der Waals surface area contributed by atoms with Gasteiger partial charge in [0.1, 0.15) is 18.1 Å². The molecule has 0 fully saturated rings. The van der Waals surface area contributed by atoms with Crippen LogP contribution in [0, 0.1) is 10.1 Å². The fraction of sp³-hybridized carbons (Fsp3) is 0.474. The first kappa shape index (κ1) is 22.2. The molecule has 2 rings (SSSR count). The third-order valence-corrected chi connectivity index (χ3v) is 3.84. The molecule has 1 aromatic carbocycles. The third-order valence-electron chi connectivity index (χ3n) is 3.84. The van der Waals surface area contributed by atoms with Crippen LogP contribution in [0.4, 0.5) is 5.69 Å². The van der Waals surface area contributed by atoms with Gasteiger partial charge in [0.2, 0.25) is 0 Å². The third kappa shape index (κ3) is 7.41. The normalized spacial score (nSPS) is 12.7. The number of aliphatic hydroxyl groups excluding tert-OH is 1. The average Bonchev–Trinajstić information content (AvgIpc) is 3.15. The second-order valence-corrected chi connectivity index (χ2v) is 6.62. The molecule has 0 aliphatic heterocycles. The quantitative estimate of drug-likeness (QED) is 0.239. The van der Waals surface area contributed by atoms with E-state index in [2.05, 4.69) is 20.7 Å². The summed E-state index contributed by atoms with van der Waals surface area (Å²) in [6.07, 6.45) is 1.88. The van der Waals surface area contributed by atoms with Crippen LogP contribution in [0.1, 0.15) is 32.4 Å². The Morgan fingerprint density at radius 3 is 2.86 bits per heavy atom. The number of hydrogen-bond acceptors (Lipinski definition) is 6. The van der Waals surface area contributed by atoms with E-state index < -0.39 is 11.0 Å². The molecule has 10 nitrogen and oxygen atoms in total. The fourth-order valence-electron chi connectivity index (χ4n) is 2.55. The van der Waals surface area contributed by atoms with Gasteiger partial charge < -0.3 is 20.5 Å². The number of rotatable bonds is 10. The largest absolute Gasteiger partial charge is 0.491 e. The summed E-state index contributed by atoms with van der Waals surface area (Å²) in [5, 5.41) is 31.3. The van der Waals surface area contributed by atoms with E-state index in [9.17, 15) is 15.2 Å². The fourth-order valence-corrected chi connectivity index (χ4v) is 2.55. The summed E-state index contributed by atoms with van der Waals surface area (Å²) in [7, 11) is 0. The highest BCUT2D eigenvalue weighted by Gasteiger charge is 2.10. The summed E-state index contributed by atoms with van der Waals surface area (Å²) in [4.78, 5) is 14.6. The number of benzene rings is 1. The molecule has 2 aromatic rings. The molecule has 0 saturated heterocycles. The second-order valence-electron chi connectivity index (χ2n) is 6.62. The van der Waals surface area contributed by atoms with Crippen LogP contribution in [-0.2, 0) is 6.54 Å². The molecule has 1 unspecified atom stereocenters. The summed E-state index contributed by atoms with van der Waals surface area (Å²) >= 11 is 0. The maximum Gasteiger partial charge on any atom is 0.306 e. The Hall–Kier alpha value is -3.14. The number of aliphatic hydroxyl groups is 1. The number of nitrogens with zero attached hydrogens (tertiary/aromatic N) is 4. The van der Waals surface area contributed by atoms with Crippen molar-refractivity contribution < 1.29 is 14.8 Å². The molecule has 0 bridgehead atoms. The van der Waals surface area contributed by atoms with Crippen LogP contribution in [0.2, 0.25) is 0 Å². The zero-order valence-corrected chi connectivity index (χ0v) is 16.9. The highest BCUT2D eigenvalue weighted by Crippen LogP contribution is 2.20.